The number of carbonyl (C=O) groups is 2. The molecule has 0 bridgehead atoms. The van der Waals surface area contributed by atoms with E-state index in [2.05, 4.69) is 15.9 Å². The number of fused-ring (bicyclic) bond motifs is 1. The van der Waals surface area contributed by atoms with Crippen molar-refractivity contribution in [2.75, 3.05) is 0 Å². The number of hydrogen-bond acceptors (Lipinski definition) is 4. The van der Waals surface area contributed by atoms with Crippen molar-refractivity contribution in [1.82, 2.24) is 0 Å². The molecular formula is C13H10BrNO5. The lowest BCUT2D eigenvalue weighted by Gasteiger charge is -2.15. The normalized spacial score (nSPS) is 12.3. The molecule has 0 fully saturated rings. The van der Waals surface area contributed by atoms with Crippen molar-refractivity contribution in [3.8, 4) is 5.75 Å². The second-order valence-electron chi connectivity index (χ2n) is 4.17. The molecule has 0 aromatic heterocycles. The van der Waals surface area contributed by atoms with E-state index in [1.807, 2.05) is 0 Å². The second-order valence-corrected chi connectivity index (χ2v) is 5.09. The molecular weight excluding hydrogens is 330 g/mol. The first-order valence-electron chi connectivity index (χ1n) is 5.49. The van der Waals surface area contributed by atoms with Gasteiger partial charge in [-0.05, 0) is 29.0 Å². The van der Waals surface area contributed by atoms with Crippen LogP contribution in [0.15, 0.2) is 28.7 Å². The second kappa shape index (κ2) is 5.10. The Morgan fingerprint density at radius 1 is 1.20 bits per heavy atom. The third-order valence-corrected chi connectivity index (χ3v) is 3.41. The van der Waals surface area contributed by atoms with E-state index in [1.54, 1.807) is 18.2 Å². The molecule has 0 unspecified atom stereocenters. The van der Waals surface area contributed by atoms with Crippen LogP contribution in [0.3, 0.4) is 0 Å². The summed E-state index contributed by atoms with van der Waals surface area (Å²) in [6.45, 7) is 0. The zero-order valence-electron chi connectivity index (χ0n) is 10.0. The lowest BCUT2D eigenvalue weighted by Crippen LogP contribution is -2.21. The van der Waals surface area contributed by atoms with Crippen LogP contribution < -0.4 is 5.73 Å². The molecule has 1 atom stereocenters. The minimum Gasteiger partial charge on any atom is -0.507 e. The summed E-state index contributed by atoms with van der Waals surface area (Å²) in [5, 5.41) is 29.0. The van der Waals surface area contributed by atoms with E-state index in [9.17, 15) is 14.7 Å². The summed E-state index contributed by atoms with van der Waals surface area (Å²) in [5.74, 6) is -3.34. The number of hydrogen-bond donors (Lipinski definition) is 4. The van der Waals surface area contributed by atoms with Crippen LogP contribution >= 0.6 is 15.9 Å². The average Bonchev–Trinajstić information content (AvgIpc) is 2.37. The molecule has 0 spiro atoms. The minimum absolute atomic E-state index is 0.111. The summed E-state index contributed by atoms with van der Waals surface area (Å²) in [6.07, 6.45) is 0. The van der Waals surface area contributed by atoms with E-state index >= 15 is 0 Å². The Morgan fingerprint density at radius 2 is 1.85 bits per heavy atom. The third-order valence-electron chi connectivity index (χ3n) is 2.92. The van der Waals surface area contributed by atoms with Gasteiger partial charge in [0, 0.05) is 10.0 Å². The molecule has 6 nitrogen and oxygen atoms in total. The van der Waals surface area contributed by atoms with Crippen LogP contribution in [-0.4, -0.2) is 27.3 Å². The van der Waals surface area contributed by atoms with E-state index in [4.69, 9.17) is 15.9 Å². The summed E-state index contributed by atoms with van der Waals surface area (Å²) < 4.78 is 0.696. The van der Waals surface area contributed by atoms with Gasteiger partial charge in [-0.3, -0.25) is 4.79 Å². The van der Waals surface area contributed by atoms with Gasteiger partial charge in [0.15, 0.2) is 0 Å². The molecule has 20 heavy (non-hydrogen) atoms. The number of nitrogens with two attached hydrogens (primary N) is 1. The maximum Gasteiger partial charge on any atom is 0.339 e. The summed E-state index contributed by atoms with van der Waals surface area (Å²) in [6, 6.07) is 4.61. The molecule has 0 heterocycles. The predicted octanol–water partition coefficient (Wildman–Crippen LogP) is 2.09. The van der Waals surface area contributed by atoms with Crippen LogP contribution in [0, 0.1) is 0 Å². The fraction of sp³-hybridized carbons (Fsp3) is 0.0769. The van der Waals surface area contributed by atoms with Crippen LogP contribution in [0.25, 0.3) is 10.8 Å². The molecule has 104 valence electrons. The number of carboxylic acid groups (broad SMARTS) is 2. The highest BCUT2D eigenvalue weighted by Crippen LogP contribution is 2.36. The van der Waals surface area contributed by atoms with E-state index in [0.717, 1.165) is 0 Å². The van der Waals surface area contributed by atoms with Crippen LogP contribution in [0.2, 0.25) is 0 Å². The number of halogens is 1. The molecule has 2 aromatic carbocycles. The first-order valence-corrected chi connectivity index (χ1v) is 6.29. The van der Waals surface area contributed by atoms with Crippen molar-refractivity contribution in [2.24, 2.45) is 5.73 Å². The topological polar surface area (TPSA) is 121 Å². The van der Waals surface area contributed by atoms with Crippen LogP contribution in [0.4, 0.5) is 0 Å². The Bertz CT molecular complexity index is 728. The Labute approximate surface area is 121 Å². The van der Waals surface area contributed by atoms with Gasteiger partial charge in [0.1, 0.15) is 17.4 Å². The van der Waals surface area contributed by atoms with E-state index < -0.39 is 23.7 Å². The third kappa shape index (κ3) is 2.33. The molecule has 0 saturated carbocycles. The highest BCUT2D eigenvalue weighted by Gasteiger charge is 2.25. The van der Waals surface area contributed by atoms with Crippen molar-refractivity contribution in [2.45, 2.75) is 6.04 Å². The number of aromatic hydroxyl groups is 1. The predicted molar refractivity (Wildman–Crippen MR) is 74.8 cm³/mol. The van der Waals surface area contributed by atoms with Crippen molar-refractivity contribution in [1.29, 1.82) is 0 Å². The number of rotatable bonds is 3. The van der Waals surface area contributed by atoms with Gasteiger partial charge in [0.25, 0.3) is 0 Å². The Balaban J connectivity index is 2.91. The van der Waals surface area contributed by atoms with E-state index in [0.29, 0.717) is 15.2 Å². The van der Waals surface area contributed by atoms with E-state index in [1.165, 1.54) is 6.07 Å². The molecule has 0 aliphatic heterocycles. The Hall–Kier alpha value is -2.12. The van der Waals surface area contributed by atoms with Crippen molar-refractivity contribution in [3.63, 3.8) is 0 Å². The van der Waals surface area contributed by atoms with Crippen LogP contribution in [0.1, 0.15) is 22.0 Å². The lowest BCUT2D eigenvalue weighted by molar-refractivity contribution is -0.138. The number of aromatic carboxylic acids is 1. The SMILES string of the molecule is N[C@H](C(=O)O)c1c(O)c(C(=O)O)cc2cc(Br)ccc12. The number of aliphatic carboxylic acids is 1. The highest BCUT2D eigenvalue weighted by molar-refractivity contribution is 9.10. The van der Waals surface area contributed by atoms with Gasteiger partial charge in [-0.1, -0.05) is 22.0 Å². The molecule has 0 aliphatic carbocycles. The van der Waals surface area contributed by atoms with Gasteiger partial charge in [-0.2, -0.15) is 0 Å². The van der Waals surface area contributed by atoms with Gasteiger partial charge < -0.3 is 21.1 Å². The van der Waals surface area contributed by atoms with Gasteiger partial charge in [0.2, 0.25) is 0 Å². The quantitative estimate of drug-likeness (QED) is 0.679. The lowest BCUT2D eigenvalue weighted by atomic mass is 9.94. The van der Waals surface area contributed by atoms with Gasteiger partial charge in [-0.25, -0.2) is 4.79 Å². The Morgan fingerprint density at radius 3 is 2.40 bits per heavy atom. The number of benzene rings is 2. The molecule has 0 saturated heterocycles. The molecule has 7 heteroatoms. The van der Waals surface area contributed by atoms with E-state index in [-0.39, 0.29) is 11.1 Å². The number of phenols is 1. The molecule has 2 rings (SSSR count). The zero-order chi connectivity index (χ0) is 15.0. The fourth-order valence-corrected chi connectivity index (χ4v) is 2.37. The first kappa shape index (κ1) is 14.3. The zero-order valence-corrected chi connectivity index (χ0v) is 11.6. The summed E-state index contributed by atoms with van der Waals surface area (Å²) >= 11 is 3.25. The summed E-state index contributed by atoms with van der Waals surface area (Å²) in [4.78, 5) is 22.2. The molecule has 0 amide bonds. The van der Waals surface area contributed by atoms with Crippen LogP contribution in [0.5, 0.6) is 5.75 Å². The maximum atomic E-state index is 11.1. The largest absolute Gasteiger partial charge is 0.507 e. The molecule has 2 aromatic rings. The first-order chi connectivity index (χ1) is 9.32. The van der Waals surface area contributed by atoms with Crippen LogP contribution in [-0.2, 0) is 4.79 Å². The standard InChI is InChI=1S/C13H10BrNO5/c14-6-1-2-7-5(3-6)4-8(12(17)18)11(16)9(7)10(15)13(19)20/h1-4,10,16H,15H2,(H,17,18)(H,19,20)/t10-/m0/s1. The maximum absolute atomic E-state index is 11.1. The van der Waals surface area contributed by atoms with Crippen molar-refractivity contribution < 1.29 is 24.9 Å². The van der Waals surface area contributed by atoms with Gasteiger partial charge >= 0.3 is 11.9 Å². The van der Waals surface area contributed by atoms with Gasteiger partial charge in [0.05, 0.1) is 0 Å². The molecule has 0 radical (unpaired) electrons. The Kier molecular flexibility index (Phi) is 3.65. The van der Waals surface area contributed by atoms with Gasteiger partial charge in [-0.15, -0.1) is 0 Å². The fourth-order valence-electron chi connectivity index (χ4n) is 2.00. The molecule has 5 N–H and O–H groups in total. The summed E-state index contributed by atoms with van der Waals surface area (Å²) in [5.41, 5.74) is 5.05. The average molecular weight is 340 g/mol. The van der Waals surface area contributed by atoms with Crippen molar-refractivity contribution >= 4 is 38.6 Å². The monoisotopic (exact) mass is 339 g/mol. The summed E-state index contributed by atoms with van der Waals surface area (Å²) in [7, 11) is 0. The van der Waals surface area contributed by atoms with Crippen molar-refractivity contribution in [3.05, 3.63) is 39.9 Å². The number of carboxylic acids is 2. The highest BCUT2D eigenvalue weighted by atomic mass is 79.9. The minimum atomic E-state index is -1.52. The molecule has 0 aliphatic rings. The smallest absolute Gasteiger partial charge is 0.339 e.